The van der Waals surface area contributed by atoms with Crippen molar-refractivity contribution in [3.05, 3.63) is 113 Å². The molecule has 1 unspecified atom stereocenters. The number of allylic oxidation sites excluding steroid dienone is 4. The van der Waals surface area contributed by atoms with Crippen LogP contribution >= 0.6 is 23.2 Å². The largest absolute Gasteiger partial charge is 0.108 e. The van der Waals surface area contributed by atoms with Crippen molar-refractivity contribution in [2.75, 3.05) is 0 Å². The van der Waals surface area contributed by atoms with E-state index in [1.807, 2.05) is 30.3 Å². The van der Waals surface area contributed by atoms with Crippen LogP contribution in [-0.4, -0.2) is 0 Å². The Morgan fingerprint density at radius 1 is 0.731 bits per heavy atom. The number of halogens is 2. The molecule has 1 atom stereocenters. The number of rotatable bonds is 3. The first-order valence-corrected chi connectivity index (χ1v) is 9.42. The van der Waals surface area contributed by atoms with Crippen LogP contribution in [0.2, 0.25) is 5.02 Å². The van der Waals surface area contributed by atoms with Crippen LogP contribution < -0.4 is 0 Å². The Morgan fingerprint density at radius 2 is 1.38 bits per heavy atom. The molecule has 4 rings (SSSR count). The zero-order valence-corrected chi connectivity index (χ0v) is 15.7. The minimum absolute atomic E-state index is 0.661. The summed E-state index contributed by atoms with van der Waals surface area (Å²) in [6.07, 6.45) is 6.98. The van der Waals surface area contributed by atoms with Gasteiger partial charge in [-0.15, -0.1) is 11.6 Å². The van der Waals surface area contributed by atoms with E-state index in [9.17, 15) is 0 Å². The van der Waals surface area contributed by atoms with Gasteiger partial charge in [0.25, 0.3) is 0 Å². The summed E-state index contributed by atoms with van der Waals surface area (Å²) in [5, 5.41) is 0.719. The van der Waals surface area contributed by atoms with Crippen molar-refractivity contribution in [1.82, 2.24) is 0 Å². The van der Waals surface area contributed by atoms with E-state index in [1.54, 1.807) is 0 Å². The zero-order chi connectivity index (χ0) is 18.0. The van der Waals surface area contributed by atoms with E-state index >= 15 is 0 Å². The van der Waals surface area contributed by atoms with Crippen LogP contribution in [0.1, 0.15) is 17.5 Å². The lowest BCUT2D eigenvalue weighted by Crippen LogP contribution is -2.23. The molecule has 0 aromatic heterocycles. The Balaban J connectivity index is 1.91. The number of hydrogen-bond acceptors (Lipinski definition) is 0. The number of alkyl halides is 1. The van der Waals surface area contributed by atoms with Gasteiger partial charge in [-0.3, -0.25) is 0 Å². The fourth-order valence-electron chi connectivity index (χ4n) is 3.57. The Kier molecular flexibility index (Phi) is 4.72. The molecule has 26 heavy (non-hydrogen) atoms. The molecule has 0 heterocycles. The molecule has 0 saturated heterocycles. The Labute approximate surface area is 164 Å². The number of benzene rings is 3. The van der Waals surface area contributed by atoms with Crippen LogP contribution in [0.25, 0.3) is 16.7 Å². The Morgan fingerprint density at radius 3 is 2.15 bits per heavy atom. The van der Waals surface area contributed by atoms with Gasteiger partial charge in [0.05, 0.1) is 4.87 Å². The molecule has 0 amide bonds. The van der Waals surface area contributed by atoms with Gasteiger partial charge < -0.3 is 0 Å². The summed E-state index contributed by atoms with van der Waals surface area (Å²) >= 11 is 13.9. The highest BCUT2D eigenvalue weighted by atomic mass is 35.5. The highest BCUT2D eigenvalue weighted by Crippen LogP contribution is 2.51. The molecule has 0 bridgehead atoms. The summed E-state index contributed by atoms with van der Waals surface area (Å²) in [6, 6.07) is 26.6. The van der Waals surface area contributed by atoms with Crippen molar-refractivity contribution in [2.45, 2.75) is 11.3 Å². The molecule has 1 aliphatic rings. The van der Waals surface area contributed by atoms with E-state index < -0.39 is 4.87 Å². The van der Waals surface area contributed by atoms with Crippen molar-refractivity contribution < 1.29 is 0 Å². The third kappa shape index (κ3) is 3.00. The van der Waals surface area contributed by atoms with E-state index in [-0.39, 0.29) is 0 Å². The molecular formula is C24H18Cl2. The number of hydrogen-bond donors (Lipinski definition) is 0. The van der Waals surface area contributed by atoms with Crippen molar-refractivity contribution in [3.8, 4) is 11.1 Å². The topological polar surface area (TPSA) is 0 Å². The van der Waals surface area contributed by atoms with Crippen molar-refractivity contribution >= 4 is 28.8 Å². The van der Waals surface area contributed by atoms with E-state index in [2.05, 4.69) is 66.8 Å². The predicted molar refractivity (Wildman–Crippen MR) is 113 cm³/mol. The summed E-state index contributed by atoms with van der Waals surface area (Å²) in [6.45, 7) is 0. The summed E-state index contributed by atoms with van der Waals surface area (Å²) < 4.78 is 0. The maximum atomic E-state index is 7.35. The maximum absolute atomic E-state index is 7.35. The van der Waals surface area contributed by atoms with Crippen molar-refractivity contribution in [1.29, 1.82) is 0 Å². The molecule has 3 aromatic carbocycles. The van der Waals surface area contributed by atoms with Gasteiger partial charge in [-0.05, 0) is 40.3 Å². The van der Waals surface area contributed by atoms with Gasteiger partial charge in [-0.25, -0.2) is 0 Å². The first kappa shape index (κ1) is 17.1. The van der Waals surface area contributed by atoms with Gasteiger partial charge in [0, 0.05) is 5.02 Å². The highest BCUT2D eigenvalue weighted by Gasteiger charge is 2.37. The SMILES string of the molecule is Clc1ccccc1C1=CC=CCC1(Cl)c1ccccc1-c1ccccc1. The van der Waals surface area contributed by atoms with Gasteiger partial charge in [0.15, 0.2) is 0 Å². The van der Waals surface area contributed by atoms with Crippen molar-refractivity contribution in [2.24, 2.45) is 0 Å². The average molecular weight is 377 g/mol. The highest BCUT2D eigenvalue weighted by molar-refractivity contribution is 6.35. The fourth-order valence-corrected chi connectivity index (χ4v) is 4.23. The summed E-state index contributed by atoms with van der Waals surface area (Å²) in [4.78, 5) is -0.661. The lowest BCUT2D eigenvalue weighted by Gasteiger charge is -2.34. The predicted octanol–water partition coefficient (Wildman–Crippen LogP) is 7.48. The molecular weight excluding hydrogens is 359 g/mol. The normalized spacial score (nSPS) is 19.2. The molecule has 128 valence electrons. The smallest absolute Gasteiger partial charge is 0.0990 e. The monoisotopic (exact) mass is 376 g/mol. The summed E-state index contributed by atoms with van der Waals surface area (Å²) in [7, 11) is 0. The van der Waals surface area contributed by atoms with E-state index in [0.29, 0.717) is 0 Å². The maximum Gasteiger partial charge on any atom is 0.0990 e. The molecule has 0 spiro atoms. The van der Waals surface area contributed by atoms with E-state index in [4.69, 9.17) is 23.2 Å². The van der Waals surface area contributed by atoms with Gasteiger partial charge in [-0.2, -0.15) is 0 Å². The molecule has 0 fully saturated rings. The fraction of sp³-hybridized carbons (Fsp3) is 0.0833. The minimum Gasteiger partial charge on any atom is -0.108 e. The van der Waals surface area contributed by atoms with Gasteiger partial charge in [0.2, 0.25) is 0 Å². The van der Waals surface area contributed by atoms with Crippen LogP contribution in [0.15, 0.2) is 97.1 Å². The van der Waals surface area contributed by atoms with Crippen LogP contribution in [0, 0.1) is 0 Å². The average Bonchev–Trinajstić information content (AvgIpc) is 2.70. The first-order valence-electron chi connectivity index (χ1n) is 8.66. The van der Waals surface area contributed by atoms with Gasteiger partial charge in [-0.1, -0.05) is 103 Å². The van der Waals surface area contributed by atoms with E-state index in [0.717, 1.165) is 39.3 Å². The van der Waals surface area contributed by atoms with Crippen LogP contribution in [0.5, 0.6) is 0 Å². The minimum atomic E-state index is -0.661. The molecule has 0 radical (unpaired) electrons. The second kappa shape index (κ2) is 7.15. The van der Waals surface area contributed by atoms with E-state index in [1.165, 1.54) is 0 Å². The second-order valence-electron chi connectivity index (χ2n) is 6.41. The standard InChI is InChI=1S/C24H18Cl2/c25-23-16-7-5-13-20(23)22-15-8-9-17-24(22,26)21-14-6-4-12-19(21)18-10-2-1-3-11-18/h1-16H,17H2. The Bertz CT molecular complexity index is 986. The molecule has 1 aliphatic carbocycles. The van der Waals surface area contributed by atoms with Crippen LogP contribution in [-0.2, 0) is 4.87 Å². The summed E-state index contributed by atoms with van der Waals surface area (Å²) in [5.74, 6) is 0. The van der Waals surface area contributed by atoms with Crippen LogP contribution in [0.3, 0.4) is 0 Å². The van der Waals surface area contributed by atoms with Gasteiger partial charge >= 0.3 is 0 Å². The zero-order valence-electron chi connectivity index (χ0n) is 14.2. The molecule has 2 heteroatoms. The second-order valence-corrected chi connectivity index (χ2v) is 7.46. The Hall–Kier alpha value is -2.28. The third-order valence-corrected chi connectivity index (χ3v) is 5.72. The van der Waals surface area contributed by atoms with Crippen molar-refractivity contribution in [3.63, 3.8) is 0 Å². The van der Waals surface area contributed by atoms with Crippen LogP contribution in [0.4, 0.5) is 0 Å². The summed E-state index contributed by atoms with van der Waals surface area (Å²) in [5.41, 5.74) is 5.43. The van der Waals surface area contributed by atoms with Gasteiger partial charge in [0.1, 0.15) is 0 Å². The molecule has 0 N–H and O–H groups in total. The molecule has 0 saturated carbocycles. The lowest BCUT2D eigenvalue weighted by atomic mass is 9.78. The molecule has 3 aromatic rings. The first-order chi connectivity index (χ1) is 12.7. The lowest BCUT2D eigenvalue weighted by molar-refractivity contribution is 0.787. The molecule has 0 aliphatic heterocycles. The third-order valence-electron chi connectivity index (χ3n) is 4.83. The quantitative estimate of drug-likeness (QED) is 0.415. The molecule has 0 nitrogen and oxygen atoms in total.